The van der Waals surface area contributed by atoms with Crippen LogP contribution < -0.4 is 5.32 Å². The van der Waals surface area contributed by atoms with Gasteiger partial charge in [0.05, 0.1) is 5.69 Å². The molecule has 1 aromatic rings. The summed E-state index contributed by atoms with van der Waals surface area (Å²) in [7, 11) is 0. The minimum Gasteiger partial charge on any atom is -0.367 e. The SMILES string of the molecule is CCc1ncnc(NCCC(Br)CC)c1F. The molecule has 16 heavy (non-hydrogen) atoms. The summed E-state index contributed by atoms with van der Waals surface area (Å²) in [6.45, 7) is 4.70. The first-order valence-corrected chi connectivity index (χ1v) is 6.47. The molecule has 1 N–H and O–H groups in total. The molecule has 1 heterocycles. The van der Waals surface area contributed by atoms with Crippen LogP contribution >= 0.6 is 15.9 Å². The van der Waals surface area contributed by atoms with Gasteiger partial charge in [-0.05, 0) is 19.3 Å². The highest BCUT2D eigenvalue weighted by Crippen LogP contribution is 2.14. The van der Waals surface area contributed by atoms with Gasteiger partial charge in [-0.15, -0.1) is 0 Å². The Morgan fingerprint density at radius 1 is 1.44 bits per heavy atom. The van der Waals surface area contributed by atoms with E-state index in [2.05, 4.69) is 38.1 Å². The molecule has 0 radical (unpaired) electrons. The third-order valence-corrected chi connectivity index (χ3v) is 3.49. The first-order valence-electron chi connectivity index (χ1n) is 5.56. The Bertz CT molecular complexity index is 333. The van der Waals surface area contributed by atoms with E-state index in [4.69, 9.17) is 0 Å². The largest absolute Gasteiger partial charge is 0.367 e. The van der Waals surface area contributed by atoms with Gasteiger partial charge < -0.3 is 5.32 Å². The molecule has 0 aliphatic heterocycles. The molecule has 3 nitrogen and oxygen atoms in total. The Kier molecular flexibility index (Phi) is 5.66. The number of halogens is 2. The lowest BCUT2D eigenvalue weighted by molar-refractivity contribution is 0.596. The first kappa shape index (κ1) is 13.4. The highest BCUT2D eigenvalue weighted by Gasteiger charge is 2.09. The molecule has 0 saturated heterocycles. The standard InChI is InChI=1S/C11H17BrFN3/c1-3-8(12)5-6-14-11-10(13)9(4-2)15-7-16-11/h7-8H,3-6H2,1-2H3,(H,14,15,16). The molecule has 0 aliphatic carbocycles. The van der Waals surface area contributed by atoms with Crippen LogP contribution in [0.1, 0.15) is 32.4 Å². The van der Waals surface area contributed by atoms with E-state index in [1.54, 1.807) is 0 Å². The molecule has 0 saturated carbocycles. The smallest absolute Gasteiger partial charge is 0.186 e. The molecule has 0 fully saturated rings. The molecule has 1 rings (SSSR count). The van der Waals surface area contributed by atoms with Crippen molar-refractivity contribution in [3.63, 3.8) is 0 Å². The number of aromatic nitrogens is 2. The van der Waals surface area contributed by atoms with Gasteiger partial charge in [-0.3, -0.25) is 0 Å². The van der Waals surface area contributed by atoms with Crippen LogP contribution in [0.4, 0.5) is 10.2 Å². The summed E-state index contributed by atoms with van der Waals surface area (Å²) < 4.78 is 13.7. The van der Waals surface area contributed by atoms with Gasteiger partial charge in [0.2, 0.25) is 0 Å². The van der Waals surface area contributed by atoms with E-state index in [1.807, 2.05) is 6.92 Å². The second-order valence-corrected chi connectivity index (χ2v) is 4.85. The normalized spacial score (nSPS) is 12.5. The second kappa shape index (κ2) is 6.78. The highest BCUT2D eigenvalue weighted by atomic mass is 79.9. The second-order valence-electron chi connectivity index (χ2n) is 3.56. The molecule has 0 aromatic carbocycles. The topological polar surface area (TPSA) is 37.8 Å². The molecule has 0 spiro atoms. The van der Waals surface area contributed by atoms with Crippen LogP contribution in [0.2, 0.25) is 0 Å². The zero-order valence-electron chi connectivity index (χ0n) is 9.63. The number of rotatable bonds is 6. The van der Waals surface area contributed by atoms with Crippen molar-refractivity contribution in [2.45, 2.75) is 37.9 Å². The van der Waals surface area contributed by atoms with Crippen LogP contribution in [0.15, 0.2) is 6.33 Å². The van der Waals surface area contributed by atoms with Gasteiger partial charge in [0.1, 0.15) is 6.33 Å². The molecule has 90 valence electrons. The Labute approximate surface area is 104 Å². The molecule has 0 bridgehead atoms. The van der Waals surface area contributed by atoms with Crippen molar-refractivity contribution in [1.29, 1.82) is 0 Å². The van der Waals surface area contributed by atoms with Crippen molar-refractivity contribution in [2.75, 3.05) is 11.9 Å². The maximum Gasteiger partial charge on any atom is 0.186 e. The van der Waals surface area contributed by atoms with Crippen LogP contribution in [-0.4, -0.2) is 21.3 Å². The van der Waals surface area contributed by atoms with Gasteiger partial charge in [-0.2, -0.15) is 0 Å². The van der Waals surface area contributed by atoms with Crippen LogP contribution in [-0.2, 0) is 6.42 Å². The Morgan fingerprint density at radius 3 is 2.81 bits per heavy atom. The fourth-order valence-electron chi connectivity index (χ4n) is 1.33. The third-order valence-electron chi connectivity index (χ3n) is 2.39. The quantitative estimate of drug-likeness (QED) is 0.818. The van der Waals surface area contributed by atoms with E-state index < -0.39 is 0 Å². The van der Waals surface area contributed by atoms with E-state index >= 15 is 0 Å². The van der Waals surface area contributed by atoms with Gasteiger partial charge in [0.15, 0.2) is 11.6 Å². The number of alkyl halides is 1. The van der Waals surface area contributed by atoms with Crippen molar-refractivity contribution < 1.29 is 4.39 Å². The molecule has 1 aromatic heterocycles. The summed E-state index contributed by atoms with van der Waals surface area (Å²) in [5.74, 6) is -0.0183. The van der Waals surface area contributed by atoms with E-state index in [0.717, 1.165) is 12.8 Å². The Morgan fingerprint density at radius 2 is 2.19 bits per heavy atom. The number of nitrogens with zero attached hydrogens (tertiary/aromatic N) is 2. The molecule has 0 aliphatic rings. The van der Waals surface area contributed by atoms with E-state index in [0.29, 0.717) is 29.3 Å². The lowest BCUT2D eigenvalue weighted by atomic mass is 10.2. The average Bonchev–Trinajstić information content (AvgIpc) is 2.31. The molecule has 1 unspecified atom stereocenters. The van der Waals surface area contributed by atoms with E-state index in [9.17, 15) is 4.39 Å². The zero-order valence-corrected chi connectivity index (χ0v) is 11.2. The summed E-state index contributed by atoms with van der Waals surface area (Å²) in [4.78, 5) is 8.25. The van der Waals surface area contributed by atoms with Gasteiger partial charge in [0.25, 0.3) is 0 Å². The molecule has 0 amide bonds. The van der Waals surface area contributed by atoms with Crippen molar-refractivity contribution in [2.24, 2.45) is 0 Å². The van der Waals surface area contributed by atoms with Gasteiger partial charge in [-0.1, -0.05) is 29.8 Å². The van der Waals surface area contributed by atoms with Gasteiger partial charge in [-0.25, -0.2) is 14.4 Å². The number of nitrogens with one attached hydrogen (secondary N) is 1. The summed E-state index contributed by atoms with van der Waals surface area (Å²) >= 11 is 3.53. The van der Waals surface area contributed by atoms with Crippen molar-refractivity contribution in [1.82, 2.24) is 9.97 Å². The van der Waals surface area contributed by atoms with Gasteiger partial charge in [0, 0.05) is 11.4 Å². The van der Waals surface area contributed by atoms with Crippen molar-refractivity contribution in [3.05, 3.63) is 17.8 Å². The van der Waals surface area contributed by atoms with Crippen molar-refractivity contribution >= 4 is 21.7 Å². The number of anilines is 1. The monoisotopic (exact) mass is 289 g/mol. The fourth-order valence-corrected chi connectivity index (χ4v) is 1.56. The van der Waals surface area contributed by atoms with Crippen LogP contribution in [0, 0.1) is 5.82 Å². The fraction of sp³-hybridized carbons (Fsp3) is 0.636. The van der Waals surface area contributed by atoms with Gasteiger partial charge >= 0.3 is 0 Å². The molecule has 1 atom stereocenters. The highest BCUT2D eigenvalue weighted by molar-refractivity contribution is 9.09. The average molecular weight is 290 g/mol. The molecule has 5 heteroatoms. The zero-order chi connectivity index (χ0) is 12.0. The van der Waals surface area contributed by atoms with E-state index in [-0.39, 0.29) is 5.82 Å². The predicted octanol–water partition coefficient (Wildman–Crippen LogP) is 3.15. The number of hydrogen-bond acceptors (Lipinski definition) is 3. The summed E-state index contributed by atoms with van der Waals surface area (Å²) in [5, 5.41) is 3.00. The minimum atomic E-state index is -0.326. The van der Waals surface area contributed by atoms with Crippen LogP contribution in [0.3, 0.4) is 0 Å². The number of hydrogen-bond donors (Lipinski definition) is 1. The maximum atomic E-state index is 13.7. The molecular formula is C11H17BrFN3. The lowest BCUT2D eigenvalue weighted by Crippen LogP contribution is -2.11. The van der Waals surface area contributed by atoms with E-state index in [1.165, 1.54) is 6.33 Å². The summed E-state index contributed by atoms with van der Waals surface area (Å²) in [5.41, 5.74) is 0.461. The Hall–Kier alpha value is -0.710. The lowest BCUT2D eigenvalue weighted by Gasteiger charge is -2.10. The Balaban J connectivity index is 2.54. The predicted molar refractivity (Wildman–Crippen MR) is 67.5 cm³/mol. The van der Waals surface area contributed by atoms with Crippen molar-refractivity contribution in [3.8, 4) is 0 Å². The summed E-state index contributed by atoms with van der Waals surface area (Å²) in [6, 6.07) is 0. The number of aryl methyl sites for hydroxylation is 1. The molecular weight excluding hydrogens is 273 g/mol. The third kappa shape index (κ3) is 3.70. The van der Waals surface area contributed by atoms with Crippen LogP contribution in [0.25, 0.3) is 0 Å². The maximum absolute atomic E-state index is 13.7. The minimum absolute atomic E-state index is 0.308. The van der Waals surface area contributed by atoms with Crippen LogP contribution in [0.5, 0.6) is 0 Å². The first-order chi connectivity index (χ1) is 7.69. The summed E-state index contributed by atoms with van der Waals surface area (Å²) in [6.07, 6.45) is 3.99.